The Morgan fingerprint density at radius 2 is 0.796 bits per heavy atom. The van der Waals surface area contributed by atoms with Gasteiger partial charge >= 0.3 is 0 Å². The Bertz CT molecular complexity index is 2890. The van der Waals surface area contributed by atoms with Gasteiger partial charge in [-0.2, -0.15) is 0 Å². The quantitative estimate of drug-likeness (QED) is 0.161. The molecule has 0 amide bonds. The number of rotatable bonds is 1. The van der Waals surface area contributed by atoms with E-state index in [1.807, 2.05) is 0 Å². The highest BCUT2D eigenvalue weighted by atomic mass is 14.5. The number of hydrogen-bond acceptors (Lipinski definition) is 0. The fourth-order valence-corrected chi connectivity index (χ4v) is 10.0. The highest BCUT2D eigenvalue weighted by Gasteiger charge is 2.53. The summed E-state index contributed by atoms with van der Waals surface area (Å²) in [5, 5.41) is 7.83. The molecule has 0 radical (unpaired) electrons. The predicted octanol–water partition coefficient (Wildman–Crippen LogP) is 12.8. The van der Waals surface area contributed by atoms with Gasteiger partial charge in [-0.3, -0.25) is 0 Å². The number of benzene rings is 9. The second-order valence-electron chi connectivity index (χ2n) is 13.9. The summed E-state index contributed by atoms with van der Waals surface area (Å²) in [4.78, 5) is 0. The van der Waals surface area contributed by atoms with Crippen molar-refractivity contribution in [2.45, 2.75) is 5.41 Å². The van der Waals surface area contributed by atoms with Crippen LogP contribution in [0.5, 0.6) is 0 Å². The van der Waals surface area contributed by atoms with Gasteiger partial charge in [0.05, 0.1) is 5.41 Å². The minimum atomic E-state index is -0.418. The van der Waals surface area contributed by atoms with E-state index in [1.54, 1.807) is 0 Å². The van der Waals surface area contributed by atoms with Crippen LogP contribution < -0.4 is 0 Å². The second-order valence-corrected chi connectivity index (χ2v) is 13.9. The van der Waals surface area contributed by atoms with Crippen molar-refractivity contribution in [2.24, 2.45) is 0 Å². The lowest BCUT2D eigenvalue weighted by Gasteiger charge is -2.31. The summed E-state index contributed by atoms with van der Waals surface area (Å²) >= 11 is 0. The molecular formula is C49H28. The lowest BCUT2D eigenvalue weighted by Crippen LogP contribution is -2.26. The van der Waals surface area contributed by atoms with E-state index in [0.717, 1.165) is 0 Å². The zero-order valence-electron chi connectivity index (χ0n) is 26.7. The lowest BCUT2D eigenvalue weighted by atomic mass is 9.69. The van der Waals surface area contributed by atoms with E-state index in [0.29, 0.717) is 0 Å². The molecule has 0 atom stereocenters. The van der Waals surface area contributed by atoms with Crippen LogP contribution in [0.25, 0.3) is 88.0 Å². The first-order valence-electron chi connectivity index (χ1n) is 17.3. The van der Waals surface area contributed by atoms with Gasteiger partial charge in [-0.25, -0.2) is 0 Å². The van der Waals surface area contributed by atoms with Crippen molar-refractivity contribution >= 4 is 32.3 Å². The van der Waals surface area contributed by atoms with Crippen molar-refractivity contribution < 1.29 is 0 Å². The summed E-state index contributed by atoms with van der Waals surface area (Å²) in [6.07, 6.45) is 0. The molecule has 9 aromatic carbocycles. The summed E-state index contributed by atoms with van der Waals surface area (Å²) in [5.74, 6) is 0. The SMILES string of the molecule is c1ccc2c(c1)-c1ccccc1C21c2ccccc2-c2c1cc1c(c2-c2cc3ccccc3c3ccccc23)-c2cccc3cccc-1c23. The third-order valence-corrected chi connectivity index (χ3v) is 11.8. The van der Waals surface area contributed by atoms with Crippen molar-refractivity contribution in [3.05, 3.63) is 192 Å². The molecule has 0 N–H and O–H groups in total. The molecule has 1 spiro atoms. The van der Waals surface area contributed by atoms with Crippen LogP contribution in [0.4, 0.5) is 0 Å². The molecule has 0 saturated heterocycles. The van der Waals surface area contributed by atoms with Crippen LogP contribution in [0.15, 0.2) is 170 Å². The Balaban J connectivity index is 1.35. The normalized spacial score (nSPS) is 13.9. The zero-order chi connectivity index (χ0) is 31.8. The van der Waals surface area contributed by atoms with Crippen LogP contribution in [-0.2, 0) is 5.41 Å². The maximum atomic E-state index is 2.59. The Morgan fingerprint density at radius 1 is 0.265 bits per heavy atom. The Kier molecular flexibility index (Phi) is 4.74. The highest BCUT2D eigenvalue weighted by Crippen LogP contribution is 2.67. The standard InChI is InChI=1S/C49H28/c1-2-16-31-30(13-1)27-39(33-18-4-3-17-32(31)33)48-46-38-23-12-15-29-14-11-22-36(45(29)38)40(46)28-44-47(48)37-21-7-10-26-43(37)49(44)41-24-8-5-19-34(41)35-20-6-9-25-42(35)49/h1-28H. The van der Waals surface area contributed by atoms with Crippen LogP contribution in [0, 0.1) is 0 Å². The molecule has 0 saturated carbocycles. The van der Waals surface area contributed by atoms with E-state index in [-0.39, 0.29) is 0 Å². The van der Waals surface area contributed by atoms with Gasteiger partial charge in [0.15, 0.2) is 0 Å². The van der Waals surface area contributed by atoms with Crippen molar-refractivity contribution in [3.63, 3.8) is 0 Å². The molecule has 0 heterocycles. The minimum absolute atomic E-state index is 0.418. The van der Waals surface area contributed by atoms with Crippen LogP contribution in [0.3, 0.4) is 0 Å². The molecule has 12 rings (SSSR count). The van der Waals surface area contributed by atoms with Crippen molar-refractivity contribution in [1.82, 2.24) is 0 Å². The molecule has 3 aliphatic carbocycles. The molecule has 0 aromatic heterocycles. The van der Waals surface area contributed by atoms with E-state index in [9.17, 15) is 0 Å². The predicted molar refractivity (Wildman–Crippen MR) is 205 cm³/mol. The maximum Gasteiger partial charge on any atom is 0.0725 e. The monoisotopic (exact) mass is 616 g/mol. The molecule has 3 aliphatic rings. The van der Waals surface area contributed by atoms with E-state index < -0.39 is 5.41 Å². The molecule has 0 bridgehead atoms. The molecule has 0 aliphatic heterocycles. The van der Waals surface area contributed by atoms with Crippen LogP contribution in [0.1, 0.15) is 22.3 Å². The summed E-state index contributed by atoms with van der Waals surface area (Å²) in [6, 6.07) is 64.2. The molecule has 9 aromatic rings. The van der Waals surface area contributed by atoms with Gasteiger partial charge in [0.2, 0.25) is 0 Å². The largest absolute Gasteiger partial charge is 0.0725 e. The average molecular weight is 617 g/mol. The van der Waals surface area contributed by atoms with E-state index >= 15 is 0 Å². The molecule has 0 nitrogen and oxygen atoms in total. The highest BCUT2D eigenvalue weighted by molar-refractivity contribution is 6.24. The molecule has 0 unspecified atom stereocenters. The summed E-state index contributed by atoms with van der Waals surface area (Å²) in [5.41, 5.74) is 18.5. The van der Waals surface area contributed by atoms with Gasteiger partial charge in [0.25, 0.3) is 0 Å². The molecule has 49 heavy (non-hydrogen) atoms. The van der Waals surface area contributed by atoms with Crippen molar-refractivity contribution in [1.29, 1.82) is 0 Å². The van der Waals surface area contributed by atoms with E-state index in [1.165, 1.54) is 110 Å². The number of fused-ring (bicyclic) bond motifs is 16. The first-order valence-corrected chi connectivity index (χ1v) is 17.3. The summed E-state index contributed by atoms with van der Waals surface area (Å²) in [6.45, 7) is 0. The van der Waals surface area contributed by atoms with Gasteiger partial charge in [-0.15, -0.1) is 0 Å². The Morgan fingerprint density at radius 3 is 1.53 bits per heavy atom. The van der Waals surface area contributed by atoms with Gasteiger partial charge in [-0.05, 0) is 122 Å². The maximum absolute atomic E-state index is 2.59. The van der Waals surface area contributed by atoms with Crippen LogP contribution in [-0.4, -0.2) is 0 Å². The third kappa shape index (κ3) is 2.98. The smallest absolute Gasteiger partial charge is 0.0619 e. The summed E-state index contributed by atoms with van der Waals surface area (Å²) < 4.78 is 0. The van der Waals surface area contributed by atoms with Gasteiger partial charge in [0, 0.05) is 0 Å². The van der Waals surface area contributed by atoms with Crippen LogP contribution >= 0.6 is 0 Å². The Hall–Kier alpha value is -6.24. The molecule has 224 valence electrons. The molecule has 0 fully saturated rings. The number of hydrogen-bond donors (Lipinski definition) is 0. The second kappa shape index (κ2) is 9.01. The van der Waals surface area contributed by atoms with Gasteiger partial charge in [-0.1, -0.05) is 158 Å². The van der Waals surface area contributed by atoms with Crippen molar-refractivity contribution in [3.8, 4) is 55.6 Å². The summed E-state index contributed by atoms with van der Waals surface area (Å²) in [7, 11) is 0. The lowest BCUT2D eigenvalue weighted by molar-refractivity contribution is 0.794. The topological polar surface area (TPSA) is 0 Å². The van der Waals surface area contributed by atoms with E-state index in [4.69, 9.17) is 0 Å². The molecule has 0 heteroatoms. The molecular weight excluding hydrogens is 589 g/mol. The van der Waals surface area contributed by atoms with E-state index in [2.05, 4.69) is 170 Å². The fourth-order valence-electron chi connectivity index (χ4n) is 10.0. The first-order chi connectivity index (χ1) is 24.3. The van der Waals surface area contributed by atoms with Gasteiger partial charge < -0.3 is 0 Å². The average Bonchev–Trinajstić information content (AvgIpc) is 3.77. The Labute approximate surface area is 284 Å². The minimum Gasteiger partial charge on any atom is -0.0619 e. The van der Waals surface area contributed by atoms with Gasteiger partial charge in [0.1, 0.15) is 0 Å². The zero-order valence-corrected chi connectivity index (χ0v) is 26.7. The fraction of sp³-hybridized carbons (Fsp3) is 0.0204. The van der Waals surface area contributed by atoms with Crippen LogP contribution in [0.2, 0.25) is 0 Å². The van der Waals surface area contributed by atoms with Crippen molar-refractivity contribution in [2.75, 3.05) is 0 Å². The third-order valence-electron chi connectivity index (χ3n) is 11.8. The first kappa shape index (κ1) is 25.8.